The number of nitrogens with two attached hydrogens (primary N) is 1. The Kier molecular flexibility index (Phi) is 3.41. The molecule has 0 atom stereocenters. The van der Waals surface area contributed by atoms with Gasteiger partial charge in [-0.05, 0) is 17.7 Å². The fourth-order valence-corrected chi connectivity index (χ4v) is 1.93. The number of rotatable bonds is 2. The number of pyridine rings is 1. The number of hydrogen-bond donors (Lipinski definition) is 2. The largest absolute Gasteiger partial charge is 0.354 e. The Labute approximate surface area is 94.4 Å². The predicted octanol–water partition coefficient (Wildman–Crippen LogP) is 0.603. The van der Waals surface area contributed by atoms with E-state index in [1.807, 2.05) is 12.1 Å². The van der Waals surface area contributed by atoms with Gasteiger partial charge in [0.2, 0.25) is 0 Å². The molecule has 1 fully saturated rings. The summed E-state index contributed by atoms with van der Waals surface area (Å²) < 4.78 is 0. The summed E-state index contributed by atoms with van der Waals surface area (Å²) in [4.78, 5) is 6.54. The number of aromatic nitrogens is 1. The van der Waals surface area contributed by atoms with E-state index in [2.05, 4.69) is 15.2 Å². The van der Waals surface area contributed by atoms with Crippen LogP contribution in [0.2, 0.25) is 5.15 Å². The Morgan fingerprint density at radius 1 is 1.40 bits per heavy atom. The molecule has 0 aliphatic carbocycles. The summed E-state index contributed by atoms with van der Waals surface area (Å²) >= 11 is 5.94. The van der Waals surface area contributed by atoms with E-state index >= 15 is 0 Å². The van der Waals surface area contributed by atoms with E-state index in [-0.39, 0.29) is 0 Å². The maximum Gasteiger partial charge on any atom is 0.131 e. The van der Waals surface area contributed by atoms with E-state index in [1.165, 1.54) is 0 Å². The highest BCUT2D eigenvalue weighted by Crippen LogP contribution is 2.18. The zero-order valence-corrected chi connectivity index (χ0v) is 9.30. The van der Waals surface area contributed by atoms with Crippen LogP contribution in [0.3, 0.4) is 0 Å². The molecular formula is C10H15ClN4. The van der Waals surface area contributed by atoms with Crippen LogP contribution in [0.1, 0.15) is 5.56 Å². The number of piperazine rings is 1. The predicted molar refractivity (Wildman–Crippen MR) is 62.2 cm³/mol. The van der Waals surface area contributed by atoms with E-state index in [9.17, 15) is 0 Å². The standard InChI is InChI=1S/C10H15ClN4/c11-9-5-8(7-12)6-10(14-9)15-3-1-13-2-4-15/h5-6,13H,1-4,7,12H2. The second-order valence-electron chi connectivity index (χ2n) is 3.60. The maximum absolute atomic E-state index is 5.94. The van der Waals surface area contributed by atoms with Gasteiger partial charge in [0.15, 0.2) is 0 Å². The van der Waals surface area contributed by atoms with Crippen LogP contribution in [0, 0.1) is 0 Å². The van der Waals surface area contributed by atoms with Crippen molar-refractivity contribution < 1.29 is 0 Å². The smallest absolute Gasteiger partial charge is 0.131 e. The van der Waals surface area contributed by atoms with E-state index in [4.69, 9.17) is 17.3 Å². The maximum atomic E-state index is 5.94. The van der Waals surface area contributed by atoms with E-state index in [0.717, 1.165) is 37.6 Å². The molecule has 2 heterocycles. The molecule has 0 saturated carbocycles. The molecule has 5 heteroatoms. The van der Waals surface area contributed by atoms with Crippen molar-refractivity contribution in [3.63, 3.8) is 0 Å². The van der Waals surface area contributed by atoms with Gasteiger partial charge in [-0.3, -0.25) is 0 Å². The van der Waals surface area contributed by atoms with Crippen molar-refractivity contribution in [1.82, 2.24) is 10.3 Å². The highest BCUT2D eigenvalue weighted by Gasteiger charge is 2.12. The summed E-state index contributed by atoms with van der Waals surface area (Å²) in [6.45, 7) is 4.42. The molecule has 1 saturated heterocycles. The van der Waals surface area contributed by atoms with Gasteiger partial charge in [0, 0.05) is 32.7 Å². The molecule has 0 radical (unpaired) electrons. The van der Waals surface area contributed by atoms with Gasteiger partial charge in [-0.1, -0.05) is 11.6 Å². The molecule has 1 aromatic heterocycles. The molecule has 4 nitrogen and oxygen atoms in total. The topological polar surface area (TPSA) is 54.2 Å². The SMILES string of the molecule is NCc1cc(Cl)nc(N2CCNCC2)c1. The number of nitrogens with one attached hydrogen (secondary N) is 1. The van der Waals surface area contributed by atoms with Gasteiger partial charge >= 0.3 is 0 Å². The number of anilines is 1. The second kappa shape index (κ2) is 4.79. The van der Waals surface area contributed by atoms with E-state index in [0.29, 0.717) is 11.7 Å². The van der Waals surface area contributed by atoms with Gasteiger partial charge in [0.1, 0.15) is 11.0 Å². The fraction of sp³-hybridized carbons (Fsp3) is 0.500. The van der Waals surface area contributed by atoms with Crippen LogP contribution in [0.15, 0.2) is 12.1 Å². The molecular weight excluding hydrogens is 212 g/mol. The highest BCUT2D eigenvalue weighted by molar-refractivity contribution is 6.29. The molecule has 0 unspecified atom stereocenters. The molecule has 1 aliphatic heterocycles. The van der Waals surface area contributed by atoms with Gasteiger partial charge in [-0.2, -0.15) is 0 Å². The Balaban J connectivity index is 2.22. The van der Waals surface area contributed by atoms with E-state index < -0.39 is 0 Å². The third-order valence-corrected chi connectivity index (χ3v) is 2.71. The van der Waals surface area contributed by atoms with Crippen molar-refractivity contribution in [1.29, 1.82) is 0 Å². The van der Waals surface area contributed by atoms with Crippen LogP contribution in [-0.2, 0) is 6.54 Å². The van der Waals surface area contributed by atoms with Gasteiger partial charge in [-0.15, -0.1) is 0 Å². The van der Waals surface area contributed by atoms with Crippen LogP contribution >= 0.6 is 11.6 Å². The molecule has 1 aliphatic rings. The van der Waals surface area contributed by atoms with Gasteiger partial charge in [-0.25, -0.2) is 4.98 Å². The minimum absolute atomic E-state index is 0.501. The second-order valence-corrected chi connectivity index (χ2v) is 3.98. The number of halogens is 1. The van der Waals surface area contributed by atoms with Crippen LogP contribution in [0.4, 0.5) is 5.82 Å². The third kappa shape index (κ3) is 2.59. The Bertz CT molecular complexity index is 336. The summed E-state index contributed by atoms with van der Waals surface area (Å²) in [6.07, 6.45) is 0. The first kappa shape index (κ1) is 10.7. The summed E-state index contributed by atoms with van der Waals surface area (Å²) in [5, 5.41) is 3.82. The average Bonchev–Trinajstić information content (AvgIpc) is 2.29. The minimum Gasteiger partial charge on any atom is -0.354 e. The summed E-state index contributed by atoms with van der Waals surface area (Å²) in [6, 6.07) is 3.82. The minimum atomic E-state index is 0.501. The van der Waals surface area contributed by atoms with E-state index in [1.54, 1.807) is 0 Å². The molecule has 0 spiro atoms. The molecule has 0 amide bonds. The first-order valence-electron chi connectivity index (χ1n) is 5.12. The van der Waals surface area contributed by atoms with Crippen molar-refractivity contribution >= 4 is 17.4 Å². The normalized spacial score (nSPS) is 16.8. The lowest BCUT2D eigenvalue weighted by Crippen LogP contribution is -2.43. The summed E-state index contributed by atoms with van der Waals surface area (Å²) in [5.41, 5.74) is 6.63. The molecule has 0 bridgehead atoms. The lowest BCUT2D eigenvalue weighted by atomic mass is 10.2. The molecule has 2 rings (SSSR count). The first-order chi connectivity index (χ1) is 7.29. The van der Waals surface area contributed by atoms with Crippen LogP contribution < -0.4 is 16.0 Å². The average molecular weight is 227 g/mol. The van der Waals surface area contributed by atoms with Gasteiger partial charge in [0.05, 0.1) is 0 Å². The Hall–Kier alpha value is -0.840. The fourth-order valence-electron chi connectivity index (χ4n) is 1.71. The zero-order chi connectivity index (χ0) is 10.7. The quantitative estimate of drug-likeness (QED) is 0.726. The molecule has 1 aromatic rings. The monoisotopic (exact) mass is 226 g/mol. The molecule has 15 heavy (non-hydrogen) atoms. The van der Waals surface area contributed by atoms with Crippen molar-refractivity contribution in [2.24, 2.45) is 5.73 Å². The Morgan fingerprint density at radius 2 is 2.13 bits per heavy atom. The van der Waals surface area contributed by atoms with Crippen molar-refractivity contribution in [3.8, 4) is 0 Å². The number of nitrogens with zero attached hydrogens (tertiary/aromatic N) is 2. The first-order valence-corrected chi connectivity index (χ1v) is 5.49. The highest BCUT2D eigenvalue weighted by atomic mass is 35.5. The van der Waals surface area contributed by atoms with Crippen molar-refractivity contribution in [3.05, 3.63) is 22.8 Å². The van der Waals surface area contributed by atoms with Gasteiger partial charge < -0.3 is 16.0 Å². The molecule has 3 N–H and O–H groups in total. The molecule has 82 valence electrons. The summed E-state index contributed by atoms with van der Waals surface area (Å²) in [5.74, 6) is 0.935. The summed E-state index contributed by atoms with van der Waals surface area (Å²) in [7, 11) is 0. The lowest BCUT2D eigenvalue weighted by Gasteiger charge is -2.28. The van der Waals surface area contributed by atoms with Crippen LogP contribution in [0.25, 0.3) is 0 Å². The van der Waals surface area contributed by atoms with Crippen LogP contribution in [0.5, 0.6) is 0 Å². The van der Waals surface area contributed by atoms with Crippen LogP contribution in [-0.4, -0.2) is 31.2 Å². The zero-order valence-electron chi connectivity index (χ0n) is 8.54. The number of hydrogen-bond acceptors (Lipinski definition) is 4. The Morgan fingerprint density at radius 3 is 2.80 bits per heavy atom. The molecule has 0 aromatic carbocycles. The third-order valence-electron chi connectivity index (χ3n) is 2.52. The lowest BCUT2D eigenvalue weighted by molar-refractivity contribution is 0.585. The van der Waals surface area contributed by atoms with Crippen molar-refractivity contribution in [2.45, 2.75) is 6.54 Å². The van der Waals surface area contributed by atoms with Crippen molar-refractivity contribution in [2.75, 3.05) is 31.1 Å². The van der Waals surface area contributed by atoms with Gasteiger partial charge in [0.25, 0.3) is 0 Å².